The van der Waals surface area contributed by atoms with Gasteiger partial charge in [-0.2, -0.15) is 0 Å². The molecule has 4 heterocycles. The van der Waals surface area contributed by atoms with E-state index in [2.05, 4.69) is 9.38 Å². The number of aromatic amines is 1. The number of carbonyl (C=O) groups excluding carboxylic acids is 1. The highest BCUT2D eigenvalue weighted by Gasteiger charge is 2.34. The first kappa shape index (κ1) is 19.8. The van der Waals surface area contributed by atoms with Crippen LogP contribution in [0, 0.1) is 0 Å². The fourth-order valence-electron chi connectivity index (χ4n) is 4.57. The topological polar surface area (TPSA) is 98.7 Å². The number of anilines is 1. The van der Waals surface area contributed by atoms with Gasteiger partial charge >= 0.3 is 0 Å². The molecule has 164 valence electrons. The molecule has 0 bridgehead atoms. The van der Waals surface area contributed by atoms with Crippen molar-refractivity contribution >= 4 is 49.6 Å². The summed E-state index contributed by atoms with van der Waals surface area (Å²) in [4.78, 5) is 26.0. The molecule has 3 aliphatic rings. The lowest BCUT2D eigenvalue weighted by Gasteiger charge is -2.31. The number of amidine groups is 1. The molecule has 10 heteroatoms. The van der Waals surface area contributed by atoms with Gasteiger partial charge in [0, 0.05) is 36.0 Å². The molecule has 32 heavy (non-hydrogen) atoms. The maximum Gasteiger partial charge on any atom is 0.257 e. The molecule has 1 aromatic heterocycles. The molecule has 3 aliphatic heterocycles. The van der Waals surface area contributed by atoms with Crippen LogP contribution in [0.25, 0.3) is 11.0 Å². The summed E-state index contributed by atoms with van der Waals surface area (Å²) in [6, 6.07) is 13.6. The van der Waals surface area contributed by atoms with Crippen LogP contribution in [0.4, 0.5) is 5.69 Å². The minimum atomic E-state index is -3.39. The van der Waals surface area contributed by atoms with Gasteiger partial charge in [-0.15, -0.1) is 4.40 Å². The number of piperidine rings is 1. The molecule has 0 unspecified atom stereocenters. The van der Waals surface area contributed by atoms with Crippen molar-refractivity contribution in [1.29, 1.82) is 0 Å². The molecular formula is C22H21N5O3S2. The van der Waals surface area contributed by atoms with Gasteiger partial charge in [-0.05, 0) is 54.9 Å². The van der Waals surface area contributed by atoms with Crippen LogP contribution in [0.5, 0.6) is 0 Å². The van der Waals surface area contributed by atoms with Gasteiger partial charge in [-0.1, -0.05) is 12.1 Å². The SMILES string of the molecule is O=C(c1ccc2c(c1)SC1=NS(=O)(=O)CCN12)N1CCC(c2nc3ccccc3[nH]2)CC1. The van der Waals surface area contributed by atoms with Gasteiger partial charge in [-0.3, -0.25) is 4.79 Å². The van der Waals surface area contributed by atoms with Gasteiger partial charge in [0.15, 0.2) is 5.17 Å². The van der Waals surface area contributed by atoms with Crippen molar-refractivity contribution in [3.63, 3.8) is 0 Å². The molecule has 0 atom stereocenters. The number of sulfonamides is 1. The lowest BCUT2D eigenvalue weighted by Crippen LogP contribution is -2.38. The molecule has 1 amide bonds. The van der Waals surface area contributed by atoms with E-state index in [0.29, 0.717) is 36.3 Å². The predicted octanol–water partition coefficient (Wildman–Crippen LogP) is 3.19. The summed E-state index contributed by atoms with van der Waals surface area (Å²) < 4.78 is 27.5. The number of nitrogens with one attached hydrogen (secondary N) is 1. The number of rotatable bonds is 2. The van der Waals surface area contributed by atoms with E-state index in [0.717, 1.165) is 40.3 Å². The molecule has 1 saturated heterocycles. The number of thioether (sulfide) groups is 1. The fraction of sp³-hybridized carbons (Fsp3) is 0.318. The quantitative estimate of drug-likeness (QED) is 0.622. The second-order valence-corrected chi connectivity index (χ2v) is 11.1. The van der Waals surface area contributed by atoms with E-state index in [1.165, 1.54) is 11.8 Å². The van der Waals surface area contributed by atoms with Crippen LogP contribution in [0.3, 0.4) is 0 Å². The minimum absolute atomic E-state index is 0.0101. The normalized spacial score (nSPS) is 20.2. The van der Waals surface area contributed by atoms with Crippen LogP contribution in [-0.2, 0) is 10.0 Å². The smallest absolute Gasteiger partial charge is 0.257 e. The zero-order chi connectivity index (χ0) is 21.9. The number of carbonyl (C=O) groups is 1. The highest BCUT2D eigenvalue weighted by molar-refractivity contribution is 8.15. The van der Waals surface area contributed by atoms with Crippen LogP contribution in [-0.4, -0.2) is 59.7 Å². The standard InChI is InChI=1S/C22H21N5O3S2/c28-21(15-5-6-18-19(13-15)31-22-25-32(29,30)12-11-27(18)22)26-9-7-14(8-10-26)20-23-16-3-1-2-4-17(16)24-20/h1-6,13-14H,7-12H2,(H,23,24). The monoisotopic (exact) mass is 467 g/mol. The van der Waals surface area contributed by atoms with Crippen molar-refractivity contribution in [1.82, 2.24) is 14.9 Å². The minimum Gasteiger partial charge on any atom is -0.342 e. The summed E-state index contributed by atoms with van der Waals surface area (Å²) in [5, 5.41) is 0.475. The van der Waals surface area contributed by atoms with E-state index >= 15 is 0 Å². The van der Waals surface area contributed by atoms with Crippen molar-refractivity contribution in [2.24, 2.45) is 4.40 Å². The zero-order valence-corrected chi connectivity index (χ0v) is 18.8. The molecule has 1 fully saturated rings. The Bertz CT molecular complexity index is 1340. The third-order valence-corrected chi connectivity index (χ3v) is 8.60. The number of benzene rings is 2. The second-order valence-electron chi connectivity index (χ2n) is 8.30. The van der Waals surface area contributed by atoms with E-state index in [4.69, 9.17) is 4.98 Å². The number of fused-ring (bicyclic) bond motifs is 4. The number of H-pyrrole nitrogens is 1. The summed E-state index contributed by atoms with van der Waals surface area (Å²) in [6.45, 7) is 1.76. The van der Waals surface area contributed by atoms with Crippen LogP contribution < -0.4 is 4.90 Å². The molecule has 3 aromatic rings. The molecule has 0 saturated carbocycles. The maximum atomic E-state index is 13.2. The maximum absolute atomic E-state index is 13.2. The van der Waals surface area contributed by atoms with Gasteiger partial charge in [0.05, 0.1) is 22.5 Å². The predicted molar refractivity (Wildman–Crippen MR) is 125 cm³/mol. The number of para-hydroxylation sites is 2. The number of amides is 1. The number of hydrogen-bond acceptors (Lipinski definition) is 6. The van der Waals surface area contributed by atoms with E-state index in [9.17, 15) is 13.2 Å². The molecule has 2 aromatic carbocycles. The molecule has 0 aliphatic carbocycles. The Morgan fingerprint density at radius 2 is 1.91 bits per heavy atom. The zero-order valence-electron chi connectivity index (χ0n) is 17.2. The largest absolute Gasteiger partial charge is 0.342 e. The van der Waals surface area contributed by atoms with Crippen LogP contribution in [0.2, 0.25) is 0 Å². The summed E-state index contributed by atoms with van der Waals surface area (Å²) in [7, 11) is -3.39. The Morgan fingerprint density at radius 1 is 1.09 bits per heavy atom. The van der Waals surface area contributed by atoms with Gasteiger partial charge in [0.2, 0.25) is 0 Å². The Balaban J connectivity index is 1.16. The third-order valence-electron chi connectivity index (χ3n) is 6.30. The second kappa shape index (κ2) is 7.35. The third kappa shape index (κ3) is 3.38. The Hall–Kier alpha value is -2.85. The Kier molecular flexibility index (Phi) is 4.55. The number of aromatic nitrogens is 2. The van der Waals surface area contributed by atoms with E-state index < -0.39 is 10.0 Å². The summed E-state index contributed by atoms with van der Waals surface area (Å²) in [5.74, 6) is 1.34. The average Bonchev–Trinajstić information content (AvgIpc) is 3.38. The first-order chi connectivity index (χ1) is 15.5. The fourth-order valence-corrected chi connectivity index (χ4v) is 6.86. The van der Waals surface area contributed by atoms with E-state index in [1.54, 1.807) is 0 Å². The summed E-state index contributed by atoms with van der Waals surface area (Å²) in [5.41, 5.74) is 3.57. The highest BCUT2D eigenvalue weighted by Crippen LogP contribution is 2.42. The lowest BCUT2D eigenvalue weighted by atomic mass is 9.95. The summed E-state index contributed by atoms with van der Waals surface area (Å²) in [6.07, 6.45) is 1.74. The van der Waals surface area contributed by atoms with E-state index in [-0.39, 0.29) is 11.7 Å². The van der Waals surface area contributed by atoms with Gasteiger partial charge in [0.25, 0.3) is 15.9 Å². The van der Waals surface area contributed by atoms with Gasteiger partial charge in [-0.25, -0.2) is 13.4 Å². The first-order valence-corrected chi connectivity index (χ1v) is 13.1. The van der Waals surface area contributed by atoms with E-state index in [1.807, 2.05) is 52.3 Å². The van der Waals surface area contributed by atoms with Crippen molar-refractivity contribution < 1.29 is 13.2 Å². The average molecular weight is 468 g/mol. The lowest BCUT2D eigenvalue weighted by molar-refractivity contribution is 0.0711. The number of likely N-dealkylation sites (tertiary alicyclic amines) is 1. The summed E-state index contributed by atoms with van der Waals surface area (Å²) >= 11 is 1.31. The van der Waals surface area contributed by atoms with Crippen molar-refractivity contribution in [2.75, 3.05) is 30.3 Å². The molecule has 0 radical (unpaired) electrons. The van der Waals surface area contributed by atoms with Crippen molar-refractivity contribution in [3.8, 4) is 0 Å². The number of nitrogens with zero attached hydrogens (tertiary/aromatic N) is 4. The molecule has 1 N–H and O–H groups in total. The molecule has 0 spiro atoms. The molecule has 8 nitrogen and oxygen atoms in total. The Morgan fingerprint density at radius 3 is 2.72 bits per heavy atom. The first-order valence-electron chi connectivity index (χ1n) is 10.6. The van der Waals surface area contributed by atoms with Crippen LogP contribution in [0.1, 0.15) is 34.9 Å². The highest BCUT2D eigenvalue weighted by atomic mass is 32.2. The van der Waals surface area contributed by atoms with Crippen LogP contribution >= 0.6 is 11.8 Å². The van der Waals surface area contributed by atoms with Gasteiger partial charge in [0.1, 0.15) is 5.82 Å². The molecular weight excluding hydrogens is 446 g/mol. The number of hydrogen-bond donors (Lipinski definition) is 1. The van der Waals surface area contributed by atoms with Gasteiger partial charge < -0.3 is 14.8 Å². The number of imidazole rings is 1. The Labute approximate surface area is 189 Å². The van der Waals surface area contributed by atoms with Crippen LogP contribution in [0.15, 0.2) is 51.8 Å². The molecule has 6 rings (SSSR count). The van der Waals surface area contributed by atoms with Crippen molar-refractivity contribution in [2.45, 2.75) is 23.7 Å². The van der Waals surface area contributed by atoms with Crippen molar-refractivity contribution in [3.05, 3.63) is 53.9 Å².